The number of nitrogens with zero attached hydrogens (tertiary/aromatic N) is 4. The van der Waals surface area contributed by atoms with Crippen molar-refractivity contribution in [2.75, 3.05) is 11.4 Å². The van der Waals surface area contributed by atoms with Crippen molar-refractivity contribution in [1.29, 1.82) is 0 Å². The number of anilines is 1. The SMILES string of the molecule is Cc1ccnc(N2CCCC2c2ncc(-c3ccccc3F)[nH]2)n1. The molecular formula is C18H18FN5. The standard InChI is InChI=1S/C18H18FN5/c1-12-8-9-20-18(22-12)24-10-4-7-16(24)17-21-11-15(23-17)13-5-2-3-6-14(13)19/h2-3,5-6,8-9,11,16H,4,7,10H2,1H3,(H,21,23). The number of benzene rings is 1. The van der Waals surface area contributed by atoms with Gasteiger partial charge in [0, 0.05) is 24.0 Å². The topological polar surface area (TPSA) is 57.7 Å². The third-order valence-corrected chi connectivity index (χ3v) is 4.37. The van der Waals surface area contributed by atoms with Crippen molar-refractivity contribution in [3.8, 4) is 11.3 Å². The lowest BCUT2D eigenvalue weighted by atomic mass is 10.1. The first-order valence-corrected chi connectivity index (χ1v) is 8.08. The average molecular weight is 323 g/mol. The van der Waals surface area contributed by atoms with E-state index >= 15 is 0 Å². The number of rotatable bonds is 3. The van der Waals surface area contributed by atoms with E-state index in [2.05, 4.69) is 24.8 Å². The Hall–Kier alpha value is -2.76. The summed E-state index contributed by atoms with van der Waals surface area (Å²) in [5.41, 5.74) is 2.17. The van der Waals surface area contributed by atoms with E-state index in [-0.39, 0.29) is 11.9 Å². The molecule has 0 bridgehead atoms. The molecule has 5 nitrogen and oxygen atoms in total. The maximum atomic E-state index is 14.0. The number of nitrogens with one attached hydrogen (secondary N) is 1. The van der Waals surface area contributed by atoms with Crippen LogP contribution in [-0.4, -0.2) is 26.5 Å². The van der Waals surface area contributed by atoms with Crippen LogP contribution in [0.15, 0.2) is 42.7 Å². The maximum absolute atomic E-state index is 14.0. The smallest absolute Gasteiger partial charge is 0.226 e. The summed E-state index contributed by atoms with van der Waals surface area (Å²) < 4.78 is 14.0. The highest BCUT2D eigenvalue weighted by Gasteiger charge is 2.30. The summed E-state index contributed by atoms with van der Waals surface area (Å²) in [6, 6.07) is 8.69. The molecule has 24 heavy (non-hydrogen) atoms. The second-order valence-corrected chi connectivity index (χ2v) is 6.01. The number of hydrogen-bond acceptors (Lipinski definition) is 4. The Kier molecular flexibility index (Phi) is 3.72. The van der Waals surface area contributed by atoms with Crippen LogP contribution in [0.3, 0.4) is 0 Å². The molecule has 0 radical (unpaired) electrons. The zero-order valence-electron chi connectivity index (χ0n) is 13.4. The Balaban J connectivity index is 1.65. The zero-order valence-corrected chi connectivity index (χ0v) is 13.4. The summed E-state index contributed by atoms with van der Waals surface area (Å²) >= 11 is 0. The fourth-order valence-corrected chi connectivity index (χ4v) is 3.19. The highest BCUT2D eigenvalue weighted by Crippen LogP contribution is 2.34. The molecular weight excluding hydrogens is 305 g/mol. The van der Waals surface area contributed by atoms with E-state index in [0.717, 1.165) is 36.9 Å². The predicted octanol–water partition coefficient (Wildman–Crippen LogP) is 3.66. The number of aromatic amines is 1. The van der Waals surface area contributed by atoms with Crippen LogP contribution >= 0.6 is 0 Å². The summed E-state index contributed by atoms with van der Waals surface area (Å²) in [5, 5.41) is 0. The van der Waals surface area contributed by atoms with Crippen molar-refractivity contribution in [3.63, 3.8) is 0 Å². The van der Waals surface area contributed by atoms with E-state index in [1.165, 1.54) is 6.07 Å². The van der Waals surface area contributed by atoms with E-state index in [4.69, 9.17) is 0 Å². The minimum absolute atomic E-state index is 0.0901. The van der Waals surface area contributed by atoms with Gasteiger partial charge in [0.25, 0.3) is 0 Å². The van der Waals surface area contributed by atoms with Crippen molar-refractivity contribution in [2.45, 2.75) is 25.8 Å². The molecule has 3 heterocycles. The molecule has 0 saturated carbocycles. The van der Waals surface area contributed by atoms with E-state index in [9.17, 15) is 4.39 Å². The van der Waals surface area contributed by atoms with Gasteiger partial charge in [-0.25, -0.2) is 19.3 Å². The summed E-state index contributed by atoms with van der Waals surface area (Å²) in [6.07, 6.45) is 5.50. The van der Waals surface area contributed by atoms with Gasteiger partial charge in [-0.05, 0) is 38.0 Å². The number of aromatic nitrogens is 4. The zero-order chi connectivity index (χ0) is 16.5. The van der Waals surface area contributed by atoms with Gasteiger partial charge in [0.15, 0.2) is 0 Å². The first-order chi connectivity index (χ1) is 11.7. The Morgan fingerprint density at radius 2 is 2.08 bits per heavy atom. The van der Waals surface area contributed by atoms with Crippen molar-refractivity contribution in [1.82, 2.24) is 19.9 Å². The van der Waals surface area contributed by atoms with Gasteiger partial charge in [-0.15, -0.1) is 0 Å². The Morgan fingerprint density at radius 3 is 2.92 bits per heavy atom. The average Bonchev–Trinajstić information content (AvgIpc) is 3.24. The first kappa shape index (κ1) is 14.8. The molecule has 1 saturated heterocycles. The summed E-state index contributed by atoms with van der Waals surface area (Å²) in [7, 11) is 0. The molecule has 1 unspecified atom stereocenters. The minimum Gasteiger partial charge on any atom is -0.340 e. The van der Waals surface area contributed by atoms with Crippen LogP contribution in [0.4, 0.5) is 10.3 Å². The van der Waals surface area contributed by atoms with Gasteiger partial charge in [0.1, 0.15) is 11.6 Å². The molecule has 4 rings (SSSR count). The molecule has 1 atom stereocenters. The first-order valence-electron chi connectivity index (χ1n) is 8.08. The van der Waals surface area contributed by atoms with E-state index < -0.39 is 0 Å². The van der Waals surface area contributed by atoms with Crippen LogP contribution in [0.2, 0.25) is 0 Å². The minimum atomic E-state index is -0.252. The maximum Gasteiger partial charge on any atom is 0.226 e. The Morgan fingerprint density at radius 1 is 1.21 bits per heavy atom. The molecule has 1 aromatic carbocycles. The highest BCUT2D eigenvalue weighted by atomic mass is 19.1. The third-order valence-electron chi connectivity index (χ3n) is 4.37. The van der Waals surface area contributed by atoms with Crippen LogP contribution in [0.5, 0.6) is 0 Å². The molecule has 0 spiro atoms. The number of hydrogen-bond donors (Lipinski definition) is 1. The second-order valence-electron chi connectivity index (χ2n) is 6.01. The van der Waals surface area contributed by atoms with Gasteiger partial charge in [0.2, 0.25) is 5.95 Å². The van der Waals surface area contributed by atoms with Crippen LogP contribution in [0.1, 0.15) is 30.4 Å². The molecule has 1 aliphatic heterocycles. The quantitative estimate of drug-likeness (QED) is 0.799. The Bertz CT molecular complexity index is 860. The fourth-order valence-electron chi connectivity index (χ4n) is 3.19. The number of halogens is 1. The predicted molar refractivity (Wildman–Crippen MR) is 90.1 cm³/mol. The third kappa shape index (κ3) is 2.64. The molecule has 0 aliphatic carbocycles. The second kappa shape index (κ2) is 6.03. The van der Waals surface area contributed by atoms with E-state index in [1.807, 2.05) is 19.1 Å². The van der Waals surface area contributed by atoms with Crippen LogP contribution < -0.4 is 4.90 Å². The van der Waals surface area contributed by atoms with Crippen molar-refractivity contribution in [2.24, 2.45) is 0 Å². The van der Waals surface area contributed by atoms with Crippen LogP contribution in [0.25, 0.3) is 11.3 Å². The van der Waals surface area contributed by atoms with Gasteiger partial charge in [-0.2, -0.15) is 0 Å². The molecule has 1 aliphatic rings. The molecule has 122 valence electrons. The van der Waals surface area contributed by atoms with E-state index in [1.54, 1.807) is 24.5 Å². The van der Waals surface area contributed by atoms with Crippen LogP contribution in [0, 0.1) is 12.7 Å². The van der Waals surface area contributed by atoms with Gasteiger partial charge in [-0.1, -0.05) is 12.1 Å². The molecule has 1 fully saturated rings. The summed E-state index contributed by atoms with van der Waals surface area (Å²) in [4.78, 5) is 18.8. The largest absolute Gasteiger partial charge is 0.340 e. The number of aryl methyl sites for hydroxylation is 1. The molecule has 2 aromatic heterocycles. The van der Waals surface area contributed by atoms with E-state index in [0.29, 0.717) is 11.3 Å². The number of H-pyrrole nitrogens is 1. The normalized spacial score (nSPS) is 17.4. The van der Waals surface area contributed by atoms with Gasteiger partial charge in [-0.3, -0.25) is 0 Å². The fraction of sp³-hybridized carbons (Fsp3) is 0.278. The van der Waals surface area contributed by atoms with Crippen molar-refractivity contribution < 1.29 is 4.39 Å². The molecule has 6 heteroatoms. The van der Waals surface area contributed by atoms with Crippen LogP contribution in [-0.2, 0) is 0 Å². The number of imidazole rings is 1. The molecule has 0 amide bonds. The van der Waals surface area contributed by atoms with Gasteiger partial charge < -0.3 is 9.88 Å². The van der Waals surface area contributed by atoms with Crippen molar-refractivity contribution >= 4 is 5.95 Å². The molecule has 1 N–H and O–H groups in total. The van der Waals surface area contributed by atoms with Gasteiger partial charge in [0.05, 0.1) is 17.9 Å². The lowest BCUT2D eigenvalue weighted by Gasteiger charge is -2.23. The lowest BCUT2D eigenvalue weighted by Crippen LogP contribution is -2.25. The monoisotopic (exact) mass is 323 g/mol. The highest BCUT2D eigenvalue weighted by molar-refractivity contribution is 5.59. The van der Waals surface area contributed by atoms with Gasteiger partial charge >= 0.3 is 0 Å². The summed E-state index contributed by atoms with van der Waals surface area (Å²) in [5.74, 6) is 1.30. The van der Waals surface area contributed by atoms with Crippen molar-refractivity contribution in [3.05, 3.63) is 60.1 Å². The molecule has 3 aromatic rings. The Labute approximate surface area is 139 Å². The summed E-state index contributed by atoms with van der Waals surface area (Å²) in [6.45, 7) is 2.85. The lowest BCUT2D eigenvalue weighted by molar-refractivity contribution is 0.630.